The zero-order chi connectivity index (χ0) is 13.2. The Morgan fingerprint density at radius 1 is 1.53 bits per heavy atom. The predicted octanol–water partition coefficient (Wildman–Crippen LogP) is 2.76. The molecule has 1 aromatic heterocycles. The van der Waals surface area contributed by atoms with Gasteiger partial charge in [0.15, 0.2) is 0 Å². The molecule has 0 bridgehead atoms. The highest BCUT2D eigenvalue weighted by Gasteiger charge is 2.35. The third-order valence-corrected chi connectivity index (χ3v) is 3.42. The first-order valence-corrected chi connectivity index (χ1v) is 6.54. The minimum Gasteiger partial charge on any atom is -0.384 e. The van der Waals surface area contributed by atoms with E-state index in [4.69, 9.17) is 4.74 Å². The van der Waals surface area contributed by atoms with Gasteiger partial charge in [-0.05, 0) is 28.3 Å². The Labute approximate surface area is 111 Å². The first kappa shape index (κ1) is 14.7. The van der Waals surface area contributed by atoms with E-state index in [2.05, 4.69) is 21.0 Å². The fourth-order valence-electron chi connectivity index (χ4n) is 2.02. The van der Waals surface area contributed by atoms with E-state index in [0.29, 0.717) is 0 Å². The van der Waals surface area contributed by atoms with Crippen molar-refractivity contribution in [2.75, 3.05) is 7.11 Å². The summed E-state index contributed by atoms with van der Waals surface area (Å²) in [6, 6.07) is 0. The van der Waals surface area contributed by atoms with Crippen molar-refractivity contribution < 1.29 is 9.84 Å². The normalized spacial score (nSPS) is 15.9. The van der Waals surface area contributed by atoms with Gasteiger partial charge in [-0.3, -0.25) is 4.68 Å². The van der Waals surface area contributed by atoms with Gasteiger partial charge in [-0.15, -0.1) is 0 Å². The fourth-order valence-corrected chi connectivity index (χ4v) is 2.55. The molecule has 0 radical (unpaired) electrons. The van der Waals surface area contributed by atoms with Gasteiger partial charge in [0.05, 0.1) is 22.5 Å². The van der Waals surface area contributed by atoms with Gasteiger partial charge in [0.25, 0.3) is 0 Å². The Bertz CT molecular complexity index is 371. The van der Waals surface area contributed by atoms with Gasteiger partial charge in [-0.1, -0.05) is 20.8 Å². The second-order valence-electron chi connectivity index (χ2n) is 5.16. The maximum atomic E-state index is 10.5. The molecule has 0 aliphatic carbocycles. The van der Waals surface area contributed by atoms with Crippen molar-refractivity contribution in [1.82, 2.24) is 9.78 Å². The number of aryl methyl sites for hydroxylation is 1. The number of nitrogens with zero attached hydrogens (tertiary/aromatic N) is 2. The van der Waals surface area contributed by atoms with Crippen LogP contribution in [0.1, 0.15) is 39.5 Å². The second kappa shape index (κ2) is 5.50. The van der Waals surface area contributed by atoms with Gasteiger partial charge in [0.2, 0.25) is 0 Å². The molecule has 5 heteroatoms. The van der Waals surface area contributed by atoms with E-state index in [1.807, 2.05) is 27.7 Å². The molecular formula is C12H21BrN2O2. The lowest BCUT2D eigenvalue weighted by molar-refractivity contribution is -0.0757. The summed E-state index contributed by atoms with van der Waals surface area (Å²) in [5, 5.41) is 14.7. The van der Waals surface area contributed by atoms with Crippen LogP contribution >= 0.6 is 15.9 Å². The van der Waals surface area contributed by atoms with Crippen LogP contribution < -0.4 is 0 Å². The minimum absolute atomic E-state index is 0.142. The lowest BCUT2D eigenvalue weighted by Crippen LogP contribution is -2.35. The van der Waals surface area contributed by atoms with E-state index in [9.17, 15) is 5.11 Å². The topological polar surface area (TPSA) is 47.3 Å². The van der Waals surface area contributed by atoms with E-state index in [-0.39, 0.29) is 11.5 Å². The number of methoxy groups -OCH3 is 1. The Balaban J connectivity index is 3.09. The van der Waals surface area contributed by atoms with Crippen molar-refractivity contribution in [2.24, 2.45) is 5.41 Å². The SMILES string of the molecule is CCn1ncc(Br)c1C(O)C(OC)C(C)(C)C. The molecule has 0 spiro atoms. The van der Waals surface area contributed by atoms with Crippen molar-refractivity contribution in [2.45, 2.75) is 46.4 Å². The largest absolute Gasteiger partial charge is 0.384 e. The fraction of sp³-hybridized carbons (Fsp3) is 0.750. The minimum atomic E-state index is -0.697. The van der Waals surface area contributed by atoms with E-state index < -0.39 is 6.10 Å². The summed E-state index contributed by atoms with van der Waals surface area (Å²) in [7, 11) is 1.62. The van der Waals surface area contributed by atoms with Crippen LogP contribution in [0.4, 0.5) is 0 Å². The third-order valence-electron chi connectivity index (χ3n) is 2.81. The Morgan fingerprint density at radius 2 is 2.12 bits per heavy atom. The molecular weight excluding hydrogens is 284 g/mol. The van der Waals surface area contributed by atoms with Crippen molar-refractivity contribution in [3.05, 3.63) is 16.4 Å². The summed E-state index contributed by atoms with van der Waals surface area (Å²) in [5.74, 6) is 0. The monoisotopic (exact) mass is 304 g/mol. The summed E-state index contributed by atoms with van der Waals surface area (Å²) in [5.41, 5.74) is 0.630. The molecule has 1 aromatic rings. The number of aliphatic hydroxyl groups excluding tert-OH is 1. The molecule has 0 aromatic carbocycles. The predicted molar refractivity (Wildman–Crippen MR) is 70.8 cm³/mol. The number of halogens is 1. The summed E-state index contributed by atoms with van der Waals surface area (Å²) in [6.45, 7) is 8.86. The van der Waals surface area contributed by atoms with Gasteiger partial charge < -0.3 is 9.84 Å². The molecule has 98 valence electrons. The molecule has 2 unspecified atom stereocenters. The zero-order valence-electron chi connectivity index (χ0n) is 11.1. The maximum Gasteiger partial charge on any atom is 0.123 e. The first-order chi connectivity index (χ1) is 7.82. The molecule has 0 saturated heterocycles. The molecule has 17 heavy (non-hydrogen) atoms. The standard InChI is InChI=1S/C12H21BrN2O2/c1-6-15-9(8(13)7-14-15)10(16)11(17-5)12(2,3)4/h7,10-11,16H,6H2,1-5H3. The molecule has 4 nitrogen and oxygen atoms in total. The average Bonchev–Trinajstić information content (AvgIpc) is 2.58. The van der Waals surface area contributed by atoms with E-state index in [1.54, 1.807) is 18.0 Å². The zero-order valence-corrected chi connectivity index (χ0v) is 12.7. The van der Waals surface area contributed by atoms with Gasteiger partial charge in [0.1, 0.15) is 6.10 Å². The van der Waals surface area contributed by atoms with Crippen LogP contribution in [0.15, 0.2) is 10.7 Å². The molecule has 0 aliphatic heterocycles. The van der Waals surface area contributed by atoms with Gasteiger partial charge in [-0.2, -0.15) is 5.10 Å². The molecule has 1 N–H and O–H groups in total. The van der Waals surface area contributed by atoms with Gasteiger partial charge in [0, 0.05) is 13.7 Å². The third kappa shape index (κ3) is 3.09. The van der Waals surface area contributed by atoms with Crippen molar-refractivity contribution in [1.29, 1.82) is 0 Å². The van der Waals surface area contributed by atoms with E-state index >= 15 is 0 Å². The molecule has 0 amide bonds. The Morgan fingerprint density at radius 3 is 2.53 bits per heavy atom. The quantitative estimate of drug-likeness (QED) is 0.930. The molecule has 0 saturated carbocycles. The highest BCUT2D eigenvalue weighted by molar-refractivity contribution is 9.10. The van der Waals surface area contributed by atoms with Crippen LogP contribution in [0.2, 0.25) is 0 Å². The molecule has 2 atom stereocenters. The summed E-state index contributed by atoms with van der Waals surface area (Å²) in [4.78, 5) is 0. The van der Waals surface area contributed by atoms with Crippen molar-refractivity contribution in [3.63, 3.8) is 0 Å². The van der Waals surface area contributed by atoms with Crippen LogP contribution in [0.3, 0.4) is 0 Å². The highest BCUT2D eigenvalue weighted by Crippen LogP contribution is 2.35. The van der Waals surface area contributed by atoms with Crippen molar-refractivity contribution >= 4 is 15.9 Å². The summed E-state index contributed by atoms with van der Waals surface area (Å²) < 4.78 is 8.04. The Hall–Kier alpha value is -0.390. The maximum absolute atomic E-state index is 10.5. The lowest BCUT2D eigenvalue weighted by Gasteiger charge is -2.33. The highest BCUT2D eigenvalue weighted by atomic mass is 79.9. The summed E-state index contributed by atoms with van der Waals surface area (Å²) >= 11 is 3.42. The first-order valence-electron chi connectivity index (χ1n) is 5.75. The summed E-state index contributed by atoms with van der Waals surface area (Å²) in [6.07, 6.45) is 0.731. The number of hydrogen-bond donors (Lipinski definition) is 1. The van der Waals surface area contributed by atoms with E-state index in [1.165, 1.54) is 0 Å². The Kier molecular flexibility index (Phi) is 4.75. The number of hydrogen-bond acceptors (Lipinski definition) is 3. The number of rotatable bonds is 4. The molecule has 1 heterocycles. The number of aliphatic hydroxyl groups is 1. The van der Waals surface area contributed by atoms with Crippen LogP contribution in [0.5, 0.6) is 0 Å². The number of aromatic nitrogens is 2. The number of ether oxygens (including phenoxy) is 1. The lowest BCUT2D eigenvalue weighted by atomic mass is 9.84. The average molecular weight is 305 g/mol. The van der Waals surface area contributed by atoms with Crippen LogP contribution in [0, 0.1) is 5.41 Å². The second-order valence-corrected chi connectivity index (χ2v) is 6.02. The smallest absolute Gasteiger partial charge is 0.123 e. The van der Waals surface area contributed by atoms with E-state index in [0.717, 1.165) is 16.7 Å². The molecule has 0 aliphatic rings. The van der Waals surface area contributed by atoms with Crippen LogP contribution in [-0.2, 0) is 11.3 Å². The van der Waals surface area contributed by atoms with Crippen LogP contribution in [-0.4, -0.2) is 28.1 Å². The van der Waals surface area contributed by atoms with Gasteiger partial charge in [-0.25, -0.2) is 0 Å². The van der Waals surface area contributed by atoms with Crippen molar-refractivity contribution in [3.8, 4) is 0 Å². The molecule has 0 fully saturated rings. The van der Waals surface area contributed by atoms with Gasteiger partial charge >= 0.3 is 0 Å². The van der Waals surface area contributed by atoms with Crippen LogP contribution in [0.25, 0.3) is 0 Å². The molecule has 1 rings (SSSR count).